The quantitative estimate of drug-likeness (QED) is 0.625. The van der Waals surface area contributed by atoms with Gasteiger partial charge < -0.3 is 10.0 Å². The van der Waals surface area contributed by atoms with Crippen molar-refractivity contribution in [1.82, 2.24) is 4.90 Å². The standard InChI is InChI=1S/C16H22BrN3O3/c17-15-9-12(20(22)23)5-6-16(15)19-8-2-3-13(19)10-18-7-1-4-14(18)11-21/h5-6,9,13-14,21H,1-4,7-8,10-11H2. The van der Waals surface area contributed by atoms with E-state index in [0.29, 0.717) is 6.04 Å². The van der Waals surface area contributed by atoms with Crippen LogP contribution in [0.1, 0.15) is 25.7 Å². The summed E-state index contributed by atoms with van der Waals surface area (Å²) < 4.78 is 0.777. The molecule has 0 saturated carbocycles. The minimum Gasteiger partial charge on any atom is -0.395 e. The first kappa shape index (κ1) is 16.7. The Morgan fingerprint density at radius 3 is 2.70 bits per heavy atom. The largest absolute Gasteiger partial charge is 0.395 e. The van der Waals surface area contributed by atoms with E-state index in [0.717, 1.165) is 55.5 Å². The van der Waals surface area contributed by atoms with Crippen molar-refractivity contribution in [2.24, 2.45) is 0 Å². The van der Waals surface area contributed by atoms with Crippen molar-refractivity contribution in [3.63, 3.8) is 0 Å². The average Bonchev–Trinajstić information content (AvgIpc) is 3.16. The van der Waals surface area contributed by atoms with Crippen LogP contribution in [0, 0.1) is 10.1 Å². The summed E-state index contributed by atoms with van der Waals surface area (Å²) in [5, 5.41) is 20.4. The molecule has 23 heavy (non-hydrogen) atoms. The number of hydrogen-bond donors (Lipinski definition) is 1. The van der Waals surface area contributed by atoms with Crippen LogP contribution in [-0.2, 0) is 0 Å². The molecule has 0 radical (unpaired) electrons. The molecule has 2 aliphatic heterocycles. The smallest absolute Gasteiger partial charge is 0.270 e. The molecule has 2 saturated heterocycles. The molecule has 126 valence electrons. The molecule has 2 unspecified atom stereocenters. The molecular weight excluding hydrogens is 362 g/mol. The fourth-order valence-corrected chi connectivity index (χ4v) is 4.39. The SMILES string of the molecule is O=[N+]([O-])c1ccc(N2CCCC2CN2CCCC2CO)c(Br)c1. The summed E-state index contributed by atoms with van der Waals surface area (Å²) in [7, 11) is 0. The first-order chi connectivity index (χ1) is 11.1. The molecule has 2 fully saturated rings. The zero-order valence-corrected chi connectivity index (χ0v) is 14.6. The van der Waals surface area contributed by atoms with Gasteiger partial charge in [0.2, 0.25) is 0 Å². The Bertz CT molecular complexity index is 584. The molecule has 6 nitrogen and oxygen atoms in total. The second-order valence-electron chi connectivity index (χ2n) is 6.36. The lowest BCUT2D eigenvalue weighted by atomic mass is 10.1. The van der Waals surface area contributed by atoms with Gasteiger partial charge in [0.1, 0.15) is 0 Å². The van der Waals surface area contributed by atoms with Gasteiger partial charge in [-0.05, 0) is 54.2 Å². The van der Waals surface area contributed by atoms with Crippen LogP contribution in [0.3, 0.4) is 0 Å². The molecule has 1 N–H and O–H groups in total. The molecule has 1 aromatic carbocycles. The lowest BCUT2D eigenvalue weighted by Crippen LogP contribution is -2.43. The number of nitro groups is 1. The fraction of sp³-hybridized carbons (Fsp3) is 0.625. The van der Waals surface area contributed by atoms with Gasteiger partial charge in [0.05, 0.1) is 17.2 Å². The number of non-ortho nitro benzene ring substituents is 1. The molecule has 7 heteroatoms. The van der Waals surface area contributed by atoms with Gasteiger partial charge in [0.15, 0.2) is 0 Å². The molecule has 0 aliphatic carbocycles. The van der Waals surface area contributed by atoms with Crippen LogP contribution in [-0.4, -0.2) is 53.3 Å². The second kappa shape index (κ2) is 7.15. The van der Waals surface area contributed by atoms with Gasteiger partial charge in [0, 0.05) is 41.8 Å². The molecule has 2 atom stereocenters. The molecule has 2 aliphatic rings. The predicted molar refractivity (Wildman–Crippen MR) is 92.8 cm³/mol. The highest BCUT2D eigenvalue weighted by atomic mass is 79.9. The number of likely N-dealkylation sites (tertiary alicyclic amines) is 1. The van der Waals surface area contributed by atoms with Crippen molar-refractivity contribution >= 4 is 27.3 Å². The Balaban J connectivity index is 1.75. The van der Waals surface area contributed by atoms with E-state index in [1.54, 1.807) is 12.1 Å². The highest BCUT2D eigenvalue weighted by Crippen LogP contribution is 2.35. The number of anilines is 1. The Labute approximate surface area is 144 Å². The number of rotatable bonds is 5. The third-order valence-corrected chi connectivity index (χ3v) is 5.62. The maximum atomic E-state index is 10.9. The maximum Gasteiger partial charge on any atom is 0.270 e. The van der Waals surface area contributed by atoms with E-state index >= 15 is 0 Å². The third-order valence-electron chi connectivity index (χ3n) is 4.98. The maximum absolute atomic E-state index is 10.9. The zero-order chi connectivity index (χ0) is 16.4. The van der Waals surface area contributed by atoms with E-state index < -0.39 is 0 Å². The van der Waals surface area contributed by atoms with Gasteiger partial charge in [-0.25, -0.2) is 0 Å². The summed E-state index contributed by atoms with van der Waals surface area (Å²) in [5.41, 5.74) is 1.13. The lowest BCUT2D eigenvalue weighted by Gasteiger charge is -2.33. The van der Waals surface area contributed by atoms with Gasteiger partial charge in [-0.2, -0.15) is 0 Å². The molecule has 0 bridgehead atoms. The van der Waals surface area contributed by atoms with Crippen molar-refractivity contribution in [3.8, 4) is 0 Å². The molecule has 0 amide bonds. The summed E-state index contributed by atoms with van der Waals surface area (Å²) in [6, 6.07) is 5.69. The van der Waals surface area contributed by atoms with Crippen LogP contribution in [0.5, 0.6) is 0 Å². The normalized spacial score (nSPS) is 25.2. The molecule has 1 aromatic rings. The fourth-order valence-electron chi connectivity index (χ4n) is 3.80. The van der Waals surface area contributed by atoms with Gasteiger partial charge in [0.25, 0.3) is 5.69 Å². The van der Waals surface area contributed by atoms with E-state index in [-0.39, 0.29) is 23.3 Å². The minimum atomic E-state index is -0.369. The number of aliphatic hydroxyl groups is 1. The average molecular weight is 384 g/mol. The number of nitrogens with zero attached hydrogens (tertiary/aromatic N) is 3. The van der Waals surface area contributed by atoms with Crippen molar-refractivity contribution in [1.29, 1.82) is 0 Å². The van der Waals surface area contributed by atoms with E-state index in [1.807, 2.05) is 6.07 Å². The first-order valence-electron chi connectivity index (χ1n) is 8.15. The van der Waals surface area contributed by atoms with Crippen LogP contribution in [0.25, 0.3) is 0 Å². The lowest BCUT2D eigenvalue weighted by molar-refractivity contribution is -0.384. The topological polar surface area (TPSA) is 69.9 Å². The number of benzene rings is 1. The van der Waals surface area contributed by atoms with E-state index in [1.165, 1.54) is 0 Å². The predicted octanol–water partition coefficient (Wildman–Crippen LogP) is 2.78. The number of hydrogen-bond acceptors (Lipinski definition) is 5. The van der Waals surface area contributed by atoms with Crippen LogP contribution in [0.4, 0.5) is 11.4 Å². The van der Waals surface area contributed by atoms with Crippen molar-refractivity contribution in [2.75, 3.05) is 31.1 Å². The summed E-state index contributed by atoms with van der Waals surface area (Å²) in [6.07, 6.45) is 4.48. The second-order valence-corrected chi connectivity index (χ2v) is 7.21. The van der Waals surface area contributed by atoms with Crippen molar-refractivity contribution in [3.05, 3.63) is 32.8 Å². The molecule has 0 aromatic heterocycles. The van der Waals surface area contributed by atoms with E-state index in [4.69, 9.17) is 0 Å². The summed E-state index contributed by atoms with van der Waals surface area (Å²) in [6.45, 7) is 3.21. The third kappa shape index (κ3) is 3.51. The minimum absolute atomic E-state index is 0.108. The van der Waals surface area contributed by atoms with Crippen LogP contribution >= 0.6 is 15.9 Å². The molecule has 2 heterocycles. The number of nitro benzene ring substituents is 1. The highest BCUT2D eigenvalue weighted by molar-refractivity contribution is 9.10. The number of halogens is 1. The van der Waals surface area contributed by atoms with Crippen molar-refractivity contribution < 1.29 is 10.0 Å². The van der Waals surface area contributed by atoms with Gasteiger partial charge in [-0.15, -0.1) is 0 Å². The Morgan fingerprint density at radius 2 is 2.00 bits per heavy atom. The van der Waals surface area contributed by atoms with Gasteiger partial charge in [-0.1, -0.05) is 0 Å². The van der Waals surface area contributed by atoms with E-state index in [2.05, 4.69) is 25.7 Å². The number of aliphatic hydroxyl groups excluding tert-OH is 1. The summed E-state index contributed by atoms with van der Waals surface area (Å²) >= 11 is 3.49. The highest BCUT2D eigenvalue weighted by Gasteiger charge is 2.32. The Hall–Kier alpha value is -1.18. The first-order valence-corrected chi connectivity index (χ1v) is 8.95. The van der Waals surface area contributed by atoms with Gasteiger partial charge in [-0.3, -0.25) is 15.0 Å². The summed E-state index contributed by atoms with van der Waals surface area (Å²) in [4.78, 5) is 15.3. The monoisotopic (exact) mass is 383 g/mol. The zero-order valence-electron chi connectivity index (χ0n) is 13.0. The van der Waals surface area contributed by atoms with Gasteiger partial charge >= 0.3 is 0 Å². The molecule has 3 rings (SSSR count). The molecular formula is C16H22BrN3O3. The van der Waals surface area contributed by atoms with Crippen LogP contribution in [0.15, 0.2) is 22.7 Å². The molecule has 0 spiro atoms. The Morgan fingerprint density at radius 1 is 1.26 bits per heavy atom. The van der Waals surface area contributed by atoms with Crippen molar-refractivity contribution in [2.45, 2.75) is 37.8 Å². The van der Waals surface area contributed by atoms with Crippen LogP contribution in [0.2, 0.25) is 0 Å². The van der Waals surface area contributed by atoms with Crippen LogP contribution < -0.4 is 4.90 Å². The Kier molecular flexibility index (Phi) is 5.18. The van der Waals surface area contributed by atoms with E-state index in [9.17, 15) is 15.2 Å². The summed E-state index contributed by atoms with van der Waals surface area (Å²) in [5.74, 6) is 0.